The number of rotatable bonds is 22. The topological polar surface area (TPSA) is 27.7 Å². The van der Waals surface area contributed by atoms with Crippen LogP contribution in [0.4, 0.5) is 0 Å². The molecule has 0 atom stereocenters. The van der Waals surface area contributed by atoms with Gasteiger partial charge in [0.1, 0.15) is 5.75 Å². The Balaban J connectivity index is 1.55. The van der Waals surface area contributed by atoms with Crippen molar-refractivity contribution in [2.75, 3.05) is 33.0 Å². The fourth-order valence-electron chi connectivity index (χ4n) is 4.28. The van der Waals surface area contributed by atoms with Crippen LogP contribution >= 0.6 is 0 Å². The number of unbranched alkanes of at least 4 members (excludes halogenated alkanes) is 10. The summed E-state index contributed by atoms with van der Waals surface area (Å²) >= 11 is 0. The molecule has 0 amide bonds. The molecular formula is C32H50O3. The van der Waals surface area contributed by atoms with Gasteiger partial charge in [0.05, 0.1) is 19.8 Å². The van der Waals surface area contributed by atoms with E-state index >= 15 is 0 Å². The molecule has 0 aliphatic rings. The van der Waals surface area contributed by atoms with Gasteiger partial charge in [-0.3, -0.25) is 0 Å². The van der Waals surface area contributed by atoms with Crippen LogP contribution in [-0.2, 0) is 15.9 Å². The van der Waals surface area contributed by atoms with Gasteiger partial charge in [-0.05, 0) is 61.4 Å². The largest absolute Gasteiger partial charge is 0.494 e. The maximum Gasteiger partial charge on any atom is 0.119 e. The van der Waals surface area contributed by atoms with Gasteiger partial charge in [0.2, 0.25) is 0 Å². The number of aryl methyl sites for hydroxylation is 1. The normalized spacial score (nSPS) is 11.1. The molecule has 0 N–H and O–H groups in total. The summed E-state index contributed by atoms with van der Waals surface area (Å²) in [6.45, 7) is 8.16. The van der Waals surface area contributed by atoms with Crippen molar-refractivity contribution in [2.45, 2.75) is 97.3 Å². The predicted molar refractivity (Wildman–Crippen MR) is 149 cm³/mol. The molecular weight excluding hydrogens is 432 g/mol. The first-order valence-corrected chi connectivity index (χ1v) is 14.3. The van der Waals surface area contributed by atoms with Crippen LogP contribution in [0.15, 0.2) is 48.5 Å². The van der Waals surface area contributed by atoms with E-state index in [4.69, 9.17) is 14.2 Å². The third-order valence-corrected chi connectivity index (χ3v) is 6.49. The molecule has 0 saturated carbocycles. The van der Waals surface area contributed by atoms with Crippen LogP contribution in [-0.4, -0.2) is 33.0 Å². The van der Waals surface area contributed by atoms with Crippen LogP contribution in [0.2, 0.25) is 0 Å². The molecule has 0 radical (unpaired) electrons. The molecule has 0 heterocycles. The van der Waals surface area contributed by atoms with E-state index in [0.717, 1.165) is 51.4 Å². The molecule has 3 heteroatoms. The standard InChI is InChI=1S/C32H50O3/c1-3-5-6-7-8-9-11-15-26-35-32-23-21-31(22-24-32)30-19-17-29(18-20-30)16-13-10-12-14-25-34-28-27-33-4-2/h17-24H,3-16,25-28H2,1-2H3. The van der Waals surface area contributed by atoms with E-state index in [9.17, 15) is 0 Å². The van der Waals surface area contributed by atoms with E-state index in [1.54, 1.807) is 0 Å². The van der Waals surface area contributed by atoms with Gasteiger partial charge in [0, 0.05) is 13.2 Å². The summed E-state index contributed by atoms with van der Waals surface area (Å²) in [7, 11) is 0. The minimum Gasteiger partial charge on any atom is -0.494 e. The third kappa shape index (κ3) is 14.3. The average molecular weight is 483 g/mol. The molecule has 2 rings (SSSR count). The second-order valence-electron chi connectivity index (χ2n) is 9.52. The summed E-state index contributed by atoms with van der Waals surface area (Å²) in [4.78, 5) is 0. The quantitative estimate of drug-likeness (QED) is 0.157. The molecule has 35 heavy (non-hydrogen) atoms. The molecule has 0 saturated heterocycles. The zero-order chi connectivity index (χ0) is 24.8. The van der Waals surface area contributed by atoms with Crippen molar-refractivity contribution in [1.82, 2.24) is 0 Å². The van der Waals surface area contributed by atoms with Crippen LogP contribution in [0.25, 0.3) is 11.1 Å². The highest BCUT2D eigenvalue weighted by atomic mass is 16.5. The lowest BCUT2D eigenvalue weighted by Gasteiger charge is -2.08. The van der Waals surface area contributed by atoms with Crippen molar-refractivity contribution in [3.8, 4) is 16.9 Å². The van der Waals surface area contributed by atoms with Gasteiger partial charge in [-0.15, -0.1) is 0 Å². The molecule has 0 bridgehead atoms. The molecule has 0 spiro atoms. The molecule has 2 aromatic rings. The Labute approximate surface area is 215 Å². The van der Waals surface area contributed by atoms with Crippen molar-refractivity contribution in [3.63, 3.8) is 0 Å². The molecule has 3 nitrogen and oxygen atoms in total. The van der Waals surface area contributed by atoms with Crippen molar-refractivity contribution in [2.24, 2.45) is 0 Å². The van der Waals surface area contributed by atoms with Gasteiger partial charge in [-0.25, -0.2) is 0 Å². The van der Waals surface area contributed by atoms with E-state index in [1.807, 2.05) is 6.92 Å². The number of hydrogen-bond acceptors (Lipinski definition) is 3. The Morgan fingerprint density at radius 3 is 1.69 bits per heavy atom. The van der Waals surface area contributed by atoms with E-state index in [1.165, 1.54) is 80.9 Å². The first-order valence-electron chi connectivity index (χ1n) is 14.3. The molecule has 0 fully saturated rings. The van der Waals surface area contributed by atoms with Gasteiger partial charge in [0.15, 0.2) is 0 Å². The number of benzene rings is 2. The maximum atomic E-state index is 5.95. The SMILES string of the molecule is CCCCCCCCCCOc1ccc(-c2ccc(CCCCCCOCCOCC)cc2)cc1. The van der Waals surface area contributed by atoms with Gasteiger partial charge >= 0.3 is 0 Å². The van der Waals surface area contributed by atoms with Crippen molar-refractivity contribution < 1.29 is 14.2 Å². The zero-order valence-corrected chi connectivity index (χ0v) is 22.6. The lowest BCUT2D eigenvalue weighted by atomic mass is 10.0. The number of hydrogen-bond donors (Lipinski definition) is 0. The molecule has 0 aromatic heterocycles. The molecule has 2 aromatic carbocycles. The Morgan fingerprint density at radius 2 is 1.03 bits per heavy atom. The Kier molecular flexibility index (Phi) is 17.1. The van der Waals surface area contributed by atoms with Crippen molar-refractivity contribution in [1.29, 1.82) is 0 Å². The highest BCUT2D eigenvalue weighted by molar-refractivity contribution is 5.64. The van der Waals surface area contributed by atoms with Gasteiger partial charge < -0.3 is 14.2 Å². The second-order valence-corrected chi connectivity index (χ2v) is 9.52. The van der Waals surface area contributed by atoms with Crippen LogP contribution in [0.1, 0.15) is 96.5 Å². The smallest absolute Gasteiger partial charge is 0.119 e. The van der Waals surface area contributed by atoms with E-state index in [0.29, 0.717) is 6.61 Å². The Hall–Kier alpha value is -1.84. The highest BCUT2D eigenvalue weighted by Crippen LogP contribution is 2.23. The minimum absolute atomic E-state index is 0.712. The summed E-state index contributed by atoms with van der Waals surface area (Å²) in [6, 6.07) is 17.6. The minimum atomic E-state index is 0.712. The Morgan fingerprint density at radius 1 is 0.486 bits per heavy atom. The van der Waals surface area contributed by atoms with Gasteiger partial charge in [-0.2, -0.15) is 0 Å². The van der Waals surface area contributed by atoms with Crippen molar-refractivity contribution in [3.05, 3.63) is 54.1 Å². The second kappa shape index (κ2) is 20.4. The summed E-state index contributed by atoms with van der Waals surface area (Å²) in [5, 5.41) is 0. The zero-order valence-electron chi connectivity index (χ0n) is 22.6. The number of ether oxygens (including phenoxy) is 3. The fraction of sp³-hybridized carbons (Fsp3) is 0.625. The van der Waals surface area contributed by atoms with Crippen LogP contribution in [0.3, 0.4) is 0 Å². The average Bonchev–Trinajstić information content (AvgIpc) is 2.89. The molecule has 0 unspecified atom stereocenters. The maximum absolute atomic E-state index is 5.95. The molecule has 0 aliphatic heterocycles. The lowest BCUT2D eigenvalue weighted by molar-refractivity contribution is 0.0513. The lowest BCUT2D eigenvalue weighted by Crippen LogP contribution is -2.04. The Bertz CT molecular complexity index is 723. The third-order valence-electron chi connectivity index (χ3n) is 6.49. The van der Waals surface area contributed by atoms with Gasteiger partial charge in [-0.1, -0.05) is 101 Å². The van der Waals surface area contributed by atoms with Gasteiger partial charge in [0.25, 0.3) is 0 Å². The molecule has 0 aliphatic carbocycles. The predicted octanol–water partition coefficient (Wildman–Crippen LogP) is 9.03. The van der Waals surface area contributed by atoms with Crippen LogP contribution in [0, 0.1) is 0 Å². The fourth-order valence-corrected chi connectivity index (χ4v) is 4.28. The first-order chi connectivity index (χ1) is 17.3. The van der Waals surface area contributed by atoms with Crippen molar-refractivity contribution >= 4 is 0 Å². The summed E-state index contributed by atoms with van der Waals surface area (Å²) in [5.74, 6) is 0.980. The first kappa shape index (κ1) is 29.4. The summed E-state index contributed by atoms with van der Waals surface area (Å²) in [5.41, 5.74) is 3.94. The highest BCUT2D eigenvalue weighted by Gasteiger charge is 2.01. The monoisotopic (exact) mass is 482 g/mol. The van der Waals surface area contributed by atoms with E-state index < -0.39 is 0 Å². The van der Waals surface area contributed by atoms with Crippen LogP contribution < -0.4 is 4.74 Å². The van der Waals surface area contributed by atoms with E-state index in [-0.39, 0.29) is 0 Å². The summed E-state index contributed by atoms with van der Waals surface area (Å²) < 4.78 is 16.8. The summed E-state index contributed by atoms with van der Waals surface area (Å²) in [6.07, 6.45) is 16.7. The molecule has 196 valence electrons. The van der Waals surface area contributed by atoms with E-state index in [2.05, 4.69) is 55.5 Å². The van der Waals surface area contributed by atoms with Crippen LogP contribution in [0.5, 0.6) is 5.75 Å².